The summed E-state index contributed by atoms with van der Waals surface area (Å²) in [6.07, 6.45) is 1.84. The van der Waals surface area contributed by atoms with Crippen LogP contribution in [0.4, 0.5) is 0 Å². The molecule has 0 spiro atoms. The van der Waals surface area contributed by atoms with E-state index in [9.17, 15) is 21.6 Å². The fourth-order valence-electron chi connectivity index (χ4n) is 3.26. The number of halogens is 1. The van der Waals surface area contributed by atoms with Crippen molar-refractivity contribution >= 4 is 37.6 Å². The second-order valence-corrected chi connectivity index (χ2v) is 12.1. The minimum Gasteiger partial charge on any atom is -0.385 e. The van der Waals surface area contributed by atoms with Crippen LogP contribution in [0.15, 0.2) is 77.8 Å². The lowest BCUT2D eigenvalue weighted by Crippen LogP contribution is -2.33. The van der Waals surface area contributed by atoms with Gasteiger partial charge in [0.25, 0.3) is 5.91 Å². The molecule has 2 aromatic carbocycles. The summed E-state index contributed by atoms with van der Waals surface area (Å²) in [5, 5.41) is 0.416. The van der Waals surface area contributed by atoms with Gasteiger partial charge in [-0.05, 0) is 60.5 Å². The lowest BCUT2D eigenvalue weighted by Gasteiger charge is -2.22. The Morgan fingerprint density at radius 2 is 1.67 bits per heavy atom. The summed E-state index contributed by atoms with van der Waals surface area (Å²) < 4.78 is 59.1. The number of methoxy groups -OCH3 is 1. The van der Waals surface area contributed by atoms with Crippen LogP contribution < -0.4 is 4.72 Å². The van der Waals surface area contributed by atoms with Crippen molar-refractivity contribution in [1.29, 1.82) is 0 Å². The highest BCUT2D eigenvalue weighted by Crippen LogP contribution is 2.22. The maximum atomic E-state index is 13.4. The molecule has 3 aromatic rings. The third-order valence-electron chi connectivity index (χ3n) is 5.10. The molecule has 9 nitrogen and oxygen atoms in total. The highest BCUT2D eigenvalue weighted by atomic mass is 35.5. The molecule has 1 amide bonds. The summed E-state index contributed by atoms with van der Waals surface area (Å²) >= 11 is 5.92. The topological polar surface area (TPSA) is 123 Å². The molecule has 0 unspecified atom stereocenters. The molecule has 0 fully saturated rings. The Bertz CT molecular complexity index is 1370. The molecular weight excluding hydrogens is 526 g/mol. The standard InChI is InChI=1S/C24H26ClN3O6S2/c1-34-15-4-16-35(30,31)27-24(29)20-8-6-19(7-9-20)17-28(18-22-5-2-3-14-26-22)36(32,33)23-12-10-21(25)11-13-23/h2-3,5-14H,4,15-18H2,1H3,(H,27,29). The largest absolute Gasteiger partial charge is 0.385 e. The predicted molar refractivity (Wildman–Crippen MR) is 136 cm³/mol. The first-order valence-corrected chi connectivity index (χ1v) is 14.4. The highest BCUT2D eigenvalue weighted by Gasteiger charge is 2.25. The van der Waals surface area contributed by atoms with E-state index >= 15 is 0 Å². The third kappa shape index (κ3) is 7.84. The van der Waals surface area contributed by atoms with Crippen LogP contribution in [-0.4, -0.2) is 51.5 Å². The van der Waals surface area contributed by atoms with Gasteiger partial charge in [0.1, 0.15) is 0 Å². The normalized spacial score (nSPS) is 12.0. The number of nitrogens with zero attached hydrogens (tertiary/aromatic N) is 2. The van der Waals surface area contributed by atoms with E-state index in [1.54, 1.807) is 36.5 Å². The van der Waals surface area contributed by atoms with Crippen molar-refractivity contribution in [2.45, 2.75) is 24.4 Å². The third-order valence-corrected chi connectivity index (χ3v) is 8.48. The number of carbonyl (C=O) groups excluding carboxylic acids is 1. The number of pyridine rings is 1. The van der Waals surface area contributed by atoms with E-state index in [-0.39, 0.29) is 42.3 Å². The second-order valence-electron chi connectivity index (χ2n) is 7.84. The van der Waals surface area contributed by atoms with Crippen molar-refractivity contribution in [3.63, 3.8) is 0 Å². The number of hydrogen-bond donors (Lipinski definition) is 1. The van der Waals surface area contributed by atoms with E-state index < -0.39 is 26.0 Å². The predicted octanol–water partition coefficient (Wildman–Crippen LogP) is 3.22. The Hall–Kier alpha value is -2.83. The number of carbonyl (C=O) groups is 1. The van der Waals surface area contributed by atoms with E-state index in [2.05, 4.69) is 4.98 Å². The summed E-state index contributed by atoms with van der Waals surface area (Å²) in [4.78, 5) is 16.7. The molecule has 0 bridgehead atoms. The van der Waals surface area contributed by atoms with E-state index in [0.29, 0.717) is 16.3 Å². The first-order valence-electron chi connectivity index (χ1n) is 10.9. The fourth-order valence-corrected chi connectivity index (χ4v) is 5.79. The van der Waals surface area contributed by atoms with Gasteiger partial charge in [-0.1, -0.05) is 29.8 Å². The molecule has 12 heteroatoms. The van der Waals surface area contributed by atoms with E-state index in [4.69, 9.17) is 16.3 Å². The van der Waals surface area contributed by atoms with Gasteiger partial charge in [-0.25, -0.2) is 21.6 Å². The number of rotatable bonds is 12. The van der Waals surface area contributed by atoms with Crippen molar-refractivity contribution in [2.24, 2.45) is 0 Å². The van der Waals surface area contributed by atoms with Crippen molar-refractivity contribution < 1.29 is 26.4 Å². The van der Waals surface area contributed by atoms with Gasteiger partial charge in [0.15, 0.2) is 0 Å². The van der Waals surface area contributed by atoms with E-state index in [1.165, 1.54) is 47.8 Å². The second kappa shape index (κ2) is 12.4. The minimum absolute atomic E-state index is 0.00124. The molecular formula is C24H26ClN3O6S2. The molecule has 3 rings (SSSR count). The Balaban J connectivity index is 1.79. The minimum atomic E-state index is -3.91. The first kappa shape index (κ1) is 27.8. The molecule has 36 heavy (non-hydrogen) atoms. The molecule has 1 heterocycles. The number of sulfonamides is 2. The Kier molecular flexibility index (Phi) is 9.57. The monoisotopic (exact) mass is 551 g/mol. The summed E-state index contributed by atoms with van der Waals surface area (Å²) in [7, 11) is -6.25. The van der Waals surface area contributed by atoms with Crippen LogP contribution in [0.5, 0.6) is 0 Å². The molecule has 1 aromatic heterocycles. The van der Waals surface area contributed by atoms with Crippen LogP contribution in [-0.2, 0) is 37.9 Å². The average Bonchev–Trinajstić information content (AvgIpc) is 2.85. The Labute approximate surface area is 216 Å². The zero-order chi connectivity index (χ0) is 26.2. The summed E-state index contributed by atoms with van der Waals surface area (Å²) in [6.45, 7) is 0.282. The zero-order valence-electron chi connectivity index (χ0n) is 19.5. The van der Waals surface area contributed by atoms with Gasteiger partial charge in [0, 0.05) is 37.0 Å². The van der Waals surface area contributed by atoms with Crippen LogP contribution >= 0.6 is 11.6 Å². The van der Waals surface area contributed by atoms with Gasteiger partial charge in [-0.15, -0.1) is 0 Å². The van der Waals surface area contributed by atoms with Gasteiger partial charge < -0.3 is 4.74 Å². The molecule has 0 saturated carbocycles. The van der Waals surface area contributed by atoms with Gasteiger partial charge in [-0.3, -0.25) is 9.78 Å². The molecule has 1 N–H and O–H groups in total. The van der Waals surface area contributed by atoms with Crippen molar-refractivity contribution in [3.05, 3.63) is 94.8 Å². The van der Waals surface area contributed by atoms with Gasteiger partial charge in [0.2, 0.25) is 20.0 Å². The van der Waals surface area contributed by atoms with Crippen LogP contribution in [0.25, 0.3) is 0 Å². The zero-order valence-corrected chi connectivity index (χ0v) is 21.9. The van der Waals surface area contributed by atoms with Crippen molar-refractivity contribution in [2.75, 3.05) is 19.5 Å². The summed E-state index contributed by atoms with van der Waals surface area (Å²) in [5.41, 5.74) is 1.29. The van der Waals surface area contributed by atoms with Gasteiger partial charge in [0.05, 0.1) is 22.9 Å². The first-order chi connectivity index (χ1) is 17.1. The van der Waals surface area contributed by atoms with Crippen molar-refractivity contribution in [3.8, 4) is 0 Å². The number of nitrogens with one attached hydrogen (secondary N) is 1. The molecule has 0 aliphatic heterocycles. The fraction of sp³-hybridized carbons (Fsp3) is 0.250. The van der Waals surface area contributed by atoms with Crippen LogP contribution in [0.2, 0.25) is 5.02 Å². The van der Waals surface area contributed by atoms with E-state index in [1.807, 2.05) is 4.72 Å². The summed E-state index contributed by atoms with van der Waals surface area (Å²) in [5.74, 6) is -1.01. The lowest BCUT2D eigenvalue weighted by molar-refractivity contribution is 0.0981. The van der Waals surface area contributed by atoms with Gasteiger partial charge in [-0.2, -0.15) is 4.31 Å². The maximum absolute atomic E-state index is 13.4. The van der Waals surface area contributed by atoms with Crippen molar-refractivity contribution in [1.82, 2.24) is 14.0 Å². The SMILES string of the molecule is COCCCS(=O)(=O)NC(=O)c1ccc(CN(Cc2ccccn2)S(=O)(=O)c2ccc(Cl)cc2)cc1. The van der Waals surface area contributed by atoms with Crippen LogP contribution in [0.1, 0.15) is 28.0 Å². The number of hydrogen-bond acceptors (Lipinski definition) is 7. The van der Waals surface area contributed by atoms with Crippen LogP contribution in [0, 0.1) is 0 Å². The van der Waals surface area contributed by atoms with E-state index in [0.717, 1.165) is 0 Å². The quantitative estimate of drug-likeness (QED) is 0.343. The number of aromatic nitrogens is 1. The highest BCUT2D eigenvalue weighted by molar-refractivity contribution is 7.90. The Morgan fingerprint density at radius 1 is 0.972 bits per heavy atom. The molecule has 0 radical (unpaired) electrons. The summed E-state index contributed by atoms with van der Waals surface area (Å²) in [6, 6.07) is 17.2. The maximum Gasteiger partial charge on any atom is 0.264 e. The number of benzene rings is 2. The number of amides is 1. The molecule has 192 valence electrons. The molecule has 0 atom stereocenters. The smallest absolute Gasteiger partial charge is 0.264 e. The Morgan fingerprint density at radius 3 is 2.28 bits per heavy atom. The van der Waals surface area contributed by atoms with Crippen LogP contribution in [0.3, 0.4) is 0 Å². The number of ether oxygens (including phenoxy) is 1. The van der Waals surface area contributed by atoms with Gasteiger partial charge >= 0.3 is 0 Å². The average molecular weight is 552 g/mol. The lowest BCUT2D eigenvalue weighted by atomic mass is 10.1. The molecule has 0 saturated heterocycles. The molecule has 0 aliphatic carbocycles. The molecule has 0 aliphatic rings.